The number of halogens is 4. The first-order chi connectivity index (χ1) is 9.09. The third kappa shape index (κ3) is 3.27. The Bertz CT molecular complexity index is 576. The Morgan fingerprint density at radius 2 is 1.68 bits per heavy atom. The van der Waals surface area contributed by atoms with Crippen LogP contribution in [-0.4, -0.2) is 0 Å². The third-order valence-corrected chi connectivity index (χ3v) is 3.16. The molecule has 0 aliphatic rings. The quantitative estimate of drug-likeness (QED) is 0.503. The molecule has 0 atom stereocenters. The van der Waals surface area contributed by atoms with Gasteiger partial charge in [0.15, 0.2) is 11.6 Å². The molecule has 2 aromatic rings. The van der Waals surface area contributed by atoms with Crippen molar-refractivity contribution >= 4 is 21.6 Å². The van der Waals surface area contributed by atoms with Gasteiger partial charge in [0.1, 0.15) is 5.82 Å². The van der Waals surface area contributed by atoms with Crippen LogP contribution in [0.3, 0.4) is 0 Å². The molecule has 0 aromatic heterocycles. The number of anilines is 1. The summed E-state index contributed by atoms with van der Waals surface area (Å²) in [7, 11) is 0. The fourth-order valence-electron chi connectivity index (χ4n) is 1.51. The Kier molecular flexibility index (Phi) is 4.44. The molecule has 2 nitrogen and oxygen atoms in total. The molecule has 0 radical (unpaired) electrons. The molecule has 100 valence electrons. The van der Waals surface area contributed by atoms with Gasteiger partial charge in [0.05, 0.1) is 4.47 Å². The van der Waals surface area contributed by atoms with Crippen molar-refractivity contribution in [3.8, 4) is 0 Å². The van der Waals surface area contributed by atoms with Gasteiger partial charge in [0.25, 0.3) is 0 Å². The number of para-hydroxylation sites is 1. The zero-order chi connectivity index (χ0) is 13.8. The molecule has 0 bridgehead atoms. The molecular weight excluding hydrogens is 321 g/mol. The summed E-state index contributed by atoms with van der Waals surface area (Å²) in [5, 5.41) is 0. The zero-order valence-corrected chi connectivity index (χ0v) is 11.3. The number of hydrogen-bond donors (Lipinski definition) is 2. The minimum absolute atomic E-state index is 0.0104. The van der Waals surface area contributed by atoms with Gasteiger partial charge in [0, 0.05) is 17.8 Å². The zero-order valence-electron chi connectivity index (χ0n) is 9.68. The van der Waals surface area contributed by atoms with Crippen LogP contribution >= 0.6 is 15.9 Å². The monoisotopic (exact) mass is 330 g/mol. The highest BCUT2D eigenvalue weighted by atomic mass is 79.9. The predicted octanol–water partition coefficient (Wildman–Crippen LogP) is 3.98. The fraction of sp³-hybridized carbons (Fsp3) is 0.0769. The molecule has 0 unspecified atom stereocenters. The number of nitrogens with one attached hydrogen (secondary N) is 2. The summed E-state index contributed by atoms with van der Waals surface area (Å²) in [6.07, 6.45) is 0. The maximum absolute atomic E-state index is 13.6. The molecule has 0 saturated carbocycles. The average molecular weight is 331 g/mol. The van der Waals surface area contributed by atoms with Gasteiger partial charge in [-0.25, -0.2) is 18.6 Å². The van der Waals surface area contributed by atoms with Crippen LogP contribution in [0.2, 0.25) is 0 Å². The molecule has 0 saturated heterocycles. The van der Waals surface area contributed by atoms with Crippen molar-refractivity contribution in [2.75, 3.05) is 5.43 Å². The first-order valence-electron chi connectivity index (χ1n) is 5.45. The minimum Gasteiger partial charge on any atom is -0.321 e. The molecule has 0 aliphatic carbocycles. The van der Waals surface area contributed by atoms with Crippen LogP contribution in [0, 0.1) is 17.5 Å². The summed E-state index contributed by atoms with van der Waals surface area (Å²) < 4.78 is 39.4. The molecule has 0 amide bonds. The van der Waals surface area contributed by atoms with Crippen LogP contribution in [0.5, 0.6) is 0 Å². The summed E-state index contributed by atoms with van der Waals surface area (Å²) in [6, 6.07) is 9.97. The molecule has 0 spiro atoms. The van der Waals surface area contributed by atoms with Crippen LogP contribution < -0.4 is 10.9 Å². The normalized spacial score (nSPS) is 10.5. The molecular formula is C13H10BrF3N2. The van der Waals surface area contributed by atoms with E-state index in [1.807, 2.05) is 30.3 Å². The van der Waals surface area contributed by atoms with Gasteiger partial charge in [-0.1, -0.05) is 18.2 Å². The molecule has 0 fully saturated rings. The second kappa shape index (κ2) is 6.08. The van der Waals surface area contributed by atoms with Gasteiger partial charge in [-0.15, -0.1) is 0 Å². The minimum atomic E-state index is -1.22. The highest BCUT2D eigenvalue weighted by molar-refractivity contribution is 9.10. The third-order valence-electron chi connectivity index (χ3n) is 2.46. The lowest BCUT2D eigenvalue weighted by Crippen LogP contribution is -2.21. The van der Waals surface area contributed by atoms with Gasteiger partial charge < -0.3 is 5.43 Å². The van der Waals surface area contributed by atoms with Crippen molar-refractivity contribution in [2.45, 2.75) is 6.54 Å². The highest BCUT2D eigenvalue weighted by Gasteiger charge is 2.16. The van der Waals surface area contributed by atoms with Crippen LogP contribution in [0.25, 0.3) is 0 Å². The summed E-state index contributed by atoms with van der Waals surface area (Å²) >= 11 is 2.68. The van der Waals surface area contributed by atoms with Crippen LogP contribution in [0.4, 0.5) is 18.9 Å². The lowest BCUT2D eigenvalue weighted by Gasteiger charge is -2.10. The Balaban J connectivity index is 2.04. The van der Waals surface area contributed by atoms with Crippen molar-refractivity contribution in [3.05, 3.63) is 63.9 Å². The maximum atomic E-state index is 13.6. The summed E-state index contributed by atoms with van der Waals surface area (Å²) in [6.45, 7) is 0.0104. The van der Waals surface area contributed by atoms with E-state index < -0.39 is 21.9 Å². The number of benzene rings is 2. The summed E-state index contributed by atoms with van der Waals surface area (Å²) in [5.41, 5.74) is 6.36. The van der Waals surface area contributed by atoms with E-state index in [4.69, 9.17) is 0 Å². The molecule has 0 aliphatic heterocycles. The molecule has 0 heterocycles. The number of hydrazine groups is 1. The Morgan fingerprint density at radius 1 is 1.00 bits per heavy atom. The summed E-state index contributed by atoms with van der Waals surface area (Å²) in [5.74, 6) is -3.14. The fourth-order valence-corrected chi connectivity index (χ4v) is 1.96. The van der Waals surface area contributed by atoms with E-state index in [2.05, 4.69) is 26.8 Å². The second-order valence-corrected chi connectivity index (χ2v) is 4.60. The van der Waals surface area contributed by atoms with Gasteiger partial charge in [-0.3, -0.25) is 0 Å². The number of rotatable bonds is 4. The van der Waals surface area contributed by atoms with Crippen molar-refractivity contribution in [1.29, 1.82) is 0 Å². The van der Waals surface area contributed by atoms with Crippen LogP contribution in [-0.2, 0) is 6.54 Å². The Morgan fingerprint density at radius 3 is 2.37 bits per heavy atom. The van der Waals surface area contributed by atoms with E-state index in [1.54, 1.807) is 0 Å². The number of hydrogen-bond acceptors (Lipinski definition) is 2. The molecule has 2 N–H and O–H groups in total. The lowest BCUT2D eigenvalue weighted by molar-refractivity contribution is 0.481. The van der Waals surface area contributed by atoms with Crippen molar-refractivity contribution < 1.29 is 13.2 Å². The van der Waals surface area contributed by atoms with E-state index in [0.717, 1.165) is 11.8 Å². The van der Waals surface area contributed by atoms with Gasteiger partial charge >= 0.3 is 0 Å². The second-order valence-electron chi connectivity index (χ2n) is 3.80. The van der Waals surface area contributed by atoms with Gasteiger partial charge in [0.2, 0.25) is 0 Å². The first kappa shape index (κ1) is 13.9. The van der Waals surface area contributed by atoms with Gasteiger partial charge in [-0.2, -0.15) is 0 Å². The average Bonchev–Trinajstić information content (AvgIpc) is 2.43. The summed E-state index contributed by atoms with van der Waals surface area (Å²) in [4.78, 5) is 0. The largest absolute Gasteiger partial charge is 0.321 e. The maximum Gasteiger partial charge on any atom is 0.175 e. The Hall–Kier alpha value is -1.53. The first-order valence-corrected chi connectivity index (χ1v) is 6.24. The lowest BCUT2D eigenvalue weighted by atomic mass is 10.2. The molecule has 19 heavy (non-hydrogen) atoms. The Labute approximate surface area is 116 Å². The smallest absolute Gasteiger partial charge is 0.175 e. The SMILES string of the molecule is Fc1cc(CNNc2ccccc2)c(F)c(Br)c1F. The highest BCUT2D eigenvalue weighted by Crippen LogP contribution is 2.25. The topological polar surface area (TPSA) is 24.1 Å². The van der Waals surface area contributed by atoms with Gasteiger partial charge in [-0.05, 0) is 34.1 Å². The van der Waals surface area contributed by atoms with Crippen molar-refractivity contribution in [3.63, 3.8) is 0 Å². The van der Waals surface area contributed by atoms with E-state index in [-0.39, 0.29) is 12.1 Å². The van der Waals surface area contributed by atoms with Crippen LogP contribution in [0.1, 0.15) is 5.56 Å². The van der Waals surface area contributed by atoms with Crippen LogP contribution in [0.15, 0.2) is 40.9 Å². The van der Waals surface area contributed by atoms with E-state index >= 15 is 0 Å². The predicted molar refractivity (Wildman–Crippen MR) is 70.9 cm³/mol. The van der Waals surface area contributed by atoms with E-state index in [9.17, 15) is 13.2 Å². The standard InChI is InChI=1S/C13H10BrF3N2/c14-11-12(16)8(6-10(15)13(11)17)7-18-19-9-4-2-1-3-5-9/h1-6,18-19H,7H2. The van der Waals surface area contributed by atoms with Crippen molar-refractivity contribution in [2.24, 2.45) is 0 Å². The van der Waals surface area contributed by atoms with E-state index in [0.29, 0.717) is 0 Å². The molecule has 2 rings (SSSR count). The molecule has 2 aromatic carbocycles. The van der Waals surface area contributed by atoms with E-state index in [1.165, 1.54) is 0 Å². The molecule has 6 heteroatoms. The van der Waals surface area contributed by atoms with Crippen molar-refractivity contribution in [1.82, 2.24) is 5.43 Å².